The molecule has 0 aromatic heterocycles. The lowest BCUT2D eigenvalue weighted by molar-refractivity contribution is 0.472. The van der Waals surface area contributed by atoms with E-state index >= 15 is 0 Å². The van der Waals surface area contributed by atoms with E-state index in [1.807, 2.05) is 6.07 Å². The Kier molecular flexibility index (Phi) is 2.30. The fourth-order valence-electron chi connectivity index (χ4n) is 1.78. The van der Waals surface area contributed by atoms with E-state index in [4.69, 9.17) is 0 Å². The van der Waals surface area contributed by atoms with Gasteiger partial charge in [-0.1, -0.05) is 32.9 Å². The zero-order valence-corrected chi connectivity index (χ0v) is 9.78. The fourth-order valence-corrected chi connectivity index (χ4v) is 1.78. The first-order chi connectivity index (χ1) is 7.39. The number of hydrogen-bond acceptors (Lipinski definition) is 2. The Morgan fingerprint density at radius 3 is 2.19 bits per heavy atom. The van der Waals surface area contributed by atoms with Gasteiger partial charge in [-0.3, -0.25) is 0 Å². The van der Waals surface area contributed by atoms with Crippen molar-refractivity contribution < 1.29 is 10.2 Å². The first-order valence-electron chi connectivity index (χ1n) is 5.35. The summed E-state index contributed by atoms with van der Waals surface area (Å²) in [5, 5.41) is 21.1. The SMILES string of the molecule is CC(C)(C)c1cc(O)c2cccc(O)c2c1. The molecule has 0 unspecified atom stereocenters. The van der Waals surface area contributed by atoms with E-state index < -0.39 is 0 Å². The van der Waals surface area contributed by atoms with Crippen LogP contribution in [0.25, 0.3) is 10.8 Å². The largest absolute Gasteiger partial charge is 0.507 e. The van der Waals surface area contributed by atoms with Crippen LogP contribution in [0.15, 0.2) is 30.3 Å². The first-order valence-corrected chi connectivity index (χ1v) is 5.35. The van der Waals surface area contributed by atoms with Crippen molar-refractivity contribution in [3.63, 3.8) is 0 Å². The van der Waals surface area contributed by atoms with Gasteiger partial charge in [0.25, 0.3) is 0 Å². The van der Waals surface area contributed by atoms with E-state index in [2.05, 4.69) is 20.8 Å². The van der Waals surface area contributed by atoms with Gasteiger partial charge in [0.2, 0.25) is 0 Å². The Morgan fingerprint density at radius 2 is 1.56 bits per heavy atom. The van der Waals surface area contributed by atoms with E-state index in [0.717, 1.165) is 5.56 Å². The van der Waals surface area contributed by atoms with Crippen LogP contribution >= 0.6 is 0 Å². The van der Waals surface area contributed by atoms with Crippen LogP contribution in [-0.2, 0) is 5.41 Å². The monoisotopic (exact) mass is 216 g/mol. The van der Waals surface area contributed by atoms with Crippen LogP contribution in [0.2, 0.25) is 0 Å². The molecule has 2 rings (SSSR count). The standard InChI is InChI=1S/C14H16O2/c1-14(2,3)9-7-11-10(13(16)8-9)5-4-6-12(11)15/h4-8,15-16H,1-3H3. The zero-order chi connectivity index (χ0) is 11.9. The summed E-state index contributed by atoms with van der Waals surface area (Å²) in [4.78, 5) is 0. The van der Waals surface area contributed by atoms with Crippen molar-refractivity contribution in [3.8, 4) is 11.5 Å². The van der Waals surface area contributed by atoms with Gasteiger partial charge in [0.15, 0.2) is 0 Å². The Morgan fingerprint density at radius 1 is 0.875 bits per heavy atom. The van der Waals surface area contributed by atoms with Gasteiger partial charge in [-0.05, 0) is 29.2 Å². The van der Waals surface area contributed by atoms with Crippen LogP contribution in [0.4, 0.5) is 0 Å². The van der Waals surface area contributed by atoms with E-state index in [9.17, 15) is 10.2 Å². The van der Waals surface area contributed by atoms with E-state index in [1.54, 1.807) is 24.3 Å². The normalized spacial score (nSPS) is 11.9. The second-order valence-electron chi connectivity index (χ2n) is 5.12. The fraction of sp³-hybridized carbons (Fsp3) is 0.286. The molecule has 0 saturated carbocycles. The number of phenols is 2. The van der Waals surface area contributed by atoms with Gasteiger partial charge in [0.1, 0.15) is 11.5 Å². The van der Waals surface area contributed by atoms with Crippen LogP contribution in [-0.4, -0.2) is 10.2 Å². The molecule has 0 aliphatic heterocycles. The summed E-state index contributed by atoms with van der Waals surface area (Å²) in [6.45, 7) is 6.23. The molecule has 0 saturated heterocycles. The number of aromatic hydroxyl groups is 2. The molecule has 0 fully saturated rings. The van der Waals surface area contributed by atoms with Gasteiger partial charge < -0.3 is 10.2 Å². The number of benzene rings is 2. The van der Waals surface area contributed by atoms with Crippen molar-refractivity contribution in [3.05, 3.63) is 35.9 Å². The molecule has 84 valence electrons. The average molecular weight is 216 g/mol. The number of phenolic OH excluding ortho intramolecular Hbond substituents is 2. The molecule has 0 atom stereocenters. The molecular formula is C14H16O2. The summed E-state index contributed by atoms with van der Waals surface area (Å²) in [5.41, 5.74) is 0.965. The summed E-state index contributed by atoms with van der Waals surface area (Å²) in [6, 6.07) is 8.87. The molecule has 0 radical (unpaired) electrons. The zero-order valence-electron chi connectivity index (χ0n) is 9.78. The highest BCUT2D eigenvalue weighted by Gasteiger charge is 2.16. The molecule has 0 aliphatic rings. The van der Waals surface area contributed by atoms with Crippen LogP contribution in [0.5, 0.6) is 11.5 Å². The molecule has 2 N–H and O–H groups in total. The molecule has 2 aromatic rings. The van der Waals surface area contributed by atoms with Crippen molar-refractivity contribution in [1.82, 2.24) is 0 Å². The Labute approximate surface area is 95.2 Å². The average Bonchev–Trinajstić information content (AvgIpc) is 2.18. The maximum absolute atomic E-state index is 9.93. The molecule has 0 amide bonds. The number of hydrogen-bond donors (Lipinski definition) is 2. The Hall–Kier alpha value is -1.70. The highest BCUT2D eigenvalue weighted by molar-refractivity contribution is 5.93. The summed E-state index contributed by atoms with van der Waals surface area (Å²) in [5.74, 6) is 0.428. The first kappa shape index (κ1) is 10.8. The summed E-state index contributed by atoms with van der Waals surface area (Å²) in [7, 11) is 0. The third-order valence-electron chi connectivity index (χ3n) is 2.82. The Balaban J connectivity index is 2.81. The van der Waals surface area contributed by atoms with Gasteiger partial charge in [0.05, 0.1) is 0 Å². The quantitative estimate of drug-likeness (QED) is 0.707. The van der Waals surface area contributed by atoms with Gasteiger partial charge >= 0.3 is 0 Å². The molecule has 16 heavy (non-hydrogen) atoms. The predicted octanol–water partition coefficient (Wildman–Crippen LogP) is 3.55. The second kappa shape index (κ2) is 3.41. The molecule has 0 heterocycles. The lowest BCUT2D eigenvalue weighted by atomic mass is 9.85. The summed E-state index contributed by atoms with van der Waals surface area (Å²) >= 11 is 0. The van der Waals surface area contributed by atoms with Gasteiger partial charge in [-0.15, -0.1) is 0 Å². The minimum atomic E-state index is -0.0477. The predicted molar refractivity (Wildman–Crippen MR) is 66.0 cm³/mol. The minimum absolute atomic E-state index is 0.0477. The summed E-state index contributed by atoms with van der Waals surface area (Å²) in [6.07, 6.45) is 0. The smallest absolute Gasteiger partial charge is 0.123 e. The third kappa shape index (κ3) is 1.71. The second-order valence-corrected chi connectivity index (χ2v) is 5.12. The van der Waals surface area contributed by atoms with Gasteiger partial charge in [-0.2, -0.15) is 0 Å². The van der Waals surface area contributed by atoms with Crippen molar-refractivity contribution in [1.29, 1.82) is 0 Å². The molecule has 2 heteroatoms. The third-order valence-corrected chi connectivity index (χ3v) is 2.82. The van der Waals surface area contributed by atoms with Crippen molar-refractivity contribution in [2.45, 2.75) is 26.2 Å². The molecule has 0 aliphatic carbocycles. The van der Waals surface area contributed by atoms with Gasteiger partial charge in [-0.25, -0.2) is 0 Å². The molecule has 2 nitrogen and oxygen atoms in total. The van der Waals surface area contributed by atoms with Crippen LogP contribution in [0.3, 0.4) is 0 Å². The van der Waals surface area contributed by atoms with Crippen LogP contribution < -0.4 is 0 Å². The molecular weight excluding hydrogens is 200 g/mol. The maximum Gasteiger partial charge on any atom is 0.123 e. The van der Waals surface area contributed by atoms with Crippen molar-refractivity contribution in [2.24, 2.45) is 0 Å². The highest BCUT2D eigenvalue weighted by atomic mass is 16.3. The lowest BCUT2D eigenvalue weighted by Crippen LogP contribution is -2.10. The van der Waals surface area contributed by atoms with Crippen molar-refractivity contribution >= 4 is 10.8 Å². The van der Waals surface area contributed by atoms with E-state index in [-0.39, 0.29) is 16.9 Å². The lowest BCUT2D eigenvalue weighted by Gasteiger charge is -2.20. The van der Waals surface area contributed by atoms with Crippen LogP contribution in [0.1, 0.15) is 26.3 Å². The minimum Gasteiger partial charge on any atom is -0.507 e. The molecule has 2 aromatic carbocycles. The topological polar surface area (TPSA) is 40.5 Å². The summed E-state index contributed by atoms with van der Waals surface area (Å²) < 4.78 is 0. The van der Waals surface area contributed by atoms with E-state index in [0.29, 0.717) is 10.8 Å². The van der Waals surface area contributed by atoms with Crippen LogP contribution in [0, 0.1) is 0 Å². The van der Waals surface area contributed by atoms with Gasteiger partial charge in [0, 0.05) is 10.8 Å². The number of fused-ring (bicyclic) bond motifs is 1. The van der Waals surface area contributed by atoms with Crippen molar-refractivity contribution in [2.75, 3.05) is 0 Å². The number of rotatable bonds is 0. The highest BCUT2D eigenvalue weighted by Crippen LogP contribution is 2.35. The van der Waals surface area contributed by atoms with E-state index in [1.165, 1.54) is 0 Å². The molecule has 0 spiro atoms. The maximum atomic E-state index is 9.93. The molecule has 0 bridgehead atoms. The Bertz CT molecular complexity index is 536.